The first-order valence-electron chi connectivity index (χ1n) is 6.83. The summed E-state index contributed by atoms with van der Waals surface area (Å²) in [6.45, 7) is 0.724. The maximum absolute atomic E-state index is 5.96. The zero-order valence-corrected chi connectivity index (χ0v) is 10.9. The molecule has 0 spiro atoms. The van der Waals surface area contributed by atoms with Crippen LogP contribution in [0.15, 0.2) is 18.2 Å². The molecule has 0 saturated heterocycles. The molecule has 3 heteroatoms. The zero-order valence-electron chi connectivity index (χ0n) is 10.9. The summed E-state index contributed by atoms with van der Waals surface area (Å²) in [5, 5.41) is 0. The van der Waals surface area contributed by atoms with Crippen LogP contribution in [-0.2, 0) is 5.41 Å². The van der Waals surface area contributed by atoms with Gasteiger partial charge in [0.1, 0.15) is 0 Å². The van der Waals surface area contributed by atoms with E-state index in [2.05, 4.69) is 12.1 Å². The highest BCUT2D eigenvalue weighted by atomic mass is 16.5. The first-order chi connectivity index (χ1) is 8.77. The zero-order chi connectivity index (χ0) is 12.6. The molecule has 2 N–H and O–H groups in total. The number of rotatable bonds is 5. The molecular formula is C15H21NO2. The highest BCUT2D eigenvalue weighted by molar-refractivity contribution is 5.46. The van der Waals surface area contributed by atoms with E-state index in [-0.39, 0.29) is 5.41 Å². The Morgan fingerprint density at radius 3 is 2.56 bits per heavy atom. The van der Waals surface area contributed by atoms with Crippen LogP contribution in [0.2, 0.25) is 0 Å². The largest absolute Gasteiger partial charge is 0.493 e. The molecule has 98 valence electrons. The molecule has 0 aromatic heterocycles. The molecule has 1 aromatic carbocycles. The van der Waals surface area contributed by atoms with E-state index < -0.39 is 0 Å². The summed E-state index contributed by atoms with van der Waals surface area (Å²) < 4.78 is 11.3. The van der Waals surface area contributed by atoms with Gasteiger partial charge >= 0.3 is 0 Å². The molecule has 0 atom stereocenters. The van der Waals surface area contributed by atoms with Crippen LogP contribution in [0, 0.1) is 0 Å². The Labute approximate surface area is 108 Å². The molecule has 2 saturated carbocycles. The lowest BCUT2D eigenvalue weighted by Gasteiger charge is -2.41. The van der Waals surface area contributed by atoms with Gasteiger partial charge in [-0.3, -0.25) is 0 Å². The number of ether oxygens (including phenoxy) is 2. The average molecular weight is 247 g/mol. The second kappa shape index (κ2) is 4.47. The van der Waals surface area contributed by atoms with E-state index in [9.17, 15) is 0 Å². The maximum Gasteiger partial charge on any atom is 0.161 e. The molecule has 0 unspecified atom stereocenters. The van der Waals surface area contributed by atoms with Gasteiger partial charge in [0.15, 0.2) is 11.5 Å². The molecule has 0 heterocycles. The Morgan fingerprint density at radius 2 is 2.06 bits per heavy atom. The molecule has 2 fully saturated rings. The van der Waals surface area contributed by atoms with Crippen molar-refractivity contribution < 1.29 is 9.47 Å². The topological polar surface area (TPSA) is 44.5 Å². The van der Waals surface area contributed by atoms with Crippen molar-refractivity contribution in [3.05, 3.63) is 23.8 Å². The Hall–Kier alpha value is -1.22. The molecule has 1 aromatic rings. The van der Waals surface area contributed by atoms with Crippen molar-refractivity contribution in [1.29, 1.82) is 0 Å². The van der Waals surface area contributed by atoms with Gasteiger partial charge in [-0.05, 0) is 43.4 Å². The molecule has 0 aliphatic heterocycles. The van der Waals surface area contributed by atoms with Crippen LogP contribution >= 0.6 is 0 Å². The van der Waals surface area contributed by atoms with Gasteiger partial charge in [-0.2, -0.15) is 0 Å². The first-order valence-corrected chi connectivity index (χ1v) is 6.83. The fourth-order valence-corrected chi connectivity index (χ4v) is 2.68. The number of hydrogen-bond donors (Lipinski definition) is 1. The van der Waals surface area contributed by atoms with Gasteiger partial charge in [0.25, 0.3) is 0 Å². The second-order valence-electron chi connectivity index (χ2n) is 5.52. The second-order valence-corrected chi connectivity index (χ2v) is 5.52. The van der Waals surface area contributed by atoms with Crippen LogP contribution in [0.3, 0.4) is 0 Å². The summed E-state index contributed by atoms with van der Waals surface area (Å²) in [4.78, 5) is 0. The van der Waals surface area contributed by atoms with E-state index in [1.807, 2.05) is 6.07 Å². The minimum atomic E-state index is 0.188. The van der Waals surface area contributed by atoms with E-state index in [0.29, 0.717) is 6.10 Å². The summed E-state index contributed by atoms with van der Waals surface area (Å²) in [7, 11) is 1.69. The average Bonchev–Trinajstić information content (AvgIpc) is 3.13. The SMILES string of the molecule is COc1ccc(C2(CN)CCC2)cc1OC1CC1. The van der Waals surface area contributed by atoms with Gasteiger partial charge in [-0.15, -0.1) is 0 Å². The van der Waals surface area contributed by atoms with E-state index in [1.54, 1.807) is 7.11 Å². The Morgan fingerprint density at radius 1 is 1.28 bits per heavy atom. The van der Waals surface area contributed by atoms with E-state index in [1.165, 1.54) is 24.8 Å². The summed E-state index contributed by atoms with van der Waals surface area (Å²) in [6, 6.07) is 6.30. The van der Waals surface area contributed by atoms with E-state index >= 15 is 0 Å². The van der Waals surface area contributed by atoms with Crippen molar-refractivity contribution in [2.75, 3.05) is 13.7 Å². The minimum Gasteiger partial charge on any atom is -0.493 e. The smallest absolute Gasteiger partial charge is 0.161 e. The minimum absolute atomic E-state index is 0.188. The summed E-state index contributed by atoms with van der Waals surface area (Å²) in [6.07, 6.45) is 6.38. The monoisotopic (exact) mass is 247 g/mol. The van der Waals surface area contributed by atoms with Crippen LogP contribution in [-0.4, -0.2) is 19.8 Å². The third kappa shape index (κ3) is 1.97. The Balaban J connectivity index is 1.90. The van der Waals surface area contributed by atoms with Crippen LogP contribution < -0.4 is 15.2 Å². The molecule has 3 rings (SSSR count). The van der Waals surface area contributed by atoms with Gasteiger partial charge in [-0.25, -0.2) is 0 Å². The van der Waals surface area contributed by atoms with Gasteiger partial charge in [-0.1, -0.05) is 12.5 Å². The van der Waals surface area contributed by atoms with Crippen LogP contribution in [0.4, 0.5) is 0 Å². The fourth-order valence-electron chi connectivity index (χ4n) is 2.68. The molecule has 18 heavy (non-hydrogen) atoms. The van der Waals surface area contributed by atoms with Crippen LogP contribution in [0.5, 0.6) is 11.5 Å². The molecule has 0 radical (unpaired) electrons. The normalized spacial score (nSPS) is 21.2. The lowest BCUT2D eigenvalue weighted by molar-refractivity contribution is 0.248. The summed E-state index contributed by atoms with van der Waals surface area (Å²) in [5.41, 5.74) is 7.46. The standard InChI is InChI=1S/C15H21NO2/c1-17-13-6-3-11(15(10-16)7-2-8-15)9-14(13)18-12-4-5-12/h3,6,9,12H,2,4-5,7-8,10,16H2,1H3. The summed E-state index contributed by atoms with van der Waals surface area (Å²) in [5.74, 6) is 1.72. The summed E-state index contributed by atoms with van der Waals surface area (Å²) >= 11 is 0. The molecular weight excluding hydrogens is 226 g/mol. The molecule has 0 amide bonds. The van der Waals surface area contributed by atoms with Crippen molar-refractivity contribution in [2.45, 2.75) is 43.6 Å². The number of benzene rings is 1. The predicted molar refractivity (Wildman–Crippen MR) is 71.2 cm³/mol. The van der Waals surface area contributed by atoms with Crippen molar-refractivity contribution in [3.63, 3.8) is 0 Å². The Kier molecular flexibility index (Phi) is 2.94. The molecule has 2 aliphatic carbocycles. The van der Waals surface area contributed by atoms with Crippen LogP contribution in [0.25, 0.3) is 0 Å². The number of methoxy groups -OCH3 is 1. The van der Waals surface area contributed by atoms with Crippen molar-refractivity contribution in [1.82, 2.24) is 0 Å². The Bertz CT molecular complexity index is 431. The van der Waals surface area contributed by atoms with Crippen molar-refractivity contribution >= 4 is 0 Å². The van der Waals surface area contributed by atoms with E-state index in [0.717, 1.165) is 30.9 Å². The van der Waals surface area contributed by atoms with Gasteiger partial charge < -0.3 is 15.2 Å². The van der Waals surface area contributed by atoms with Gasteiger partial charge in [0, 0.05) is 12.0 Å². The quantitative estimate of drug-likeness (QED) is 0.870. The fraction of sp³-hybridized carbons (Fsp3) is 0.600. The maximum atomic E-state index is 5.96. The van der Waals surface area contributed by atoms with E-state index in [4.69, 9.17) is 15.2 Å². The molecule has 3 nitrogen and oxygen atoms in total. The predicted octanol–water partition coefficient (Wildman–Crippen LogP) is 2.62. The van der Waals surface area contributed by atoms with Gasteiger partial charge in [0.2, 0.25) is 0 Å². The molecule has 2 aliphatic rings. The van der Waals surface area contributed by atoms with Gasteiger partial charge in [0.05, 0.1) is 13.2 Å². The lowest BCUT2D eigenvalue weighted by atomic mass is 9.64. The highest BCUT2D eigenvalue weighted by Gasteiger charge is 2.38. The highest BCUT2D eigenvalue weighted by Crippen LogP contribution is 2.45. The lowest BCUT2D eigenvalue weighted by Crippen LogP contribution is -2.41. The van der Waals surface area contributed by atoms with Crippen molar-refractivity contribution in [2.24, 2.45) is 5.73 Å². The molecule has 0 bridgehead atoms. The van der Waals surface area contributed by atoms with Crippen molar-refractivity contribution in [3.8, 4) is 11.5 Å². The third-order valence-electron chi connectivity index (χ3n) is 4.30. The number of hydrogen-bond acceptors (Lipinski definition) is 3. The number of nitrogens with two attached hydrogens (primary N) is 1. The third-order valence-corrected chi connectivity index (χ3v) is 4.30. The first kappa shape index (κ1) is 11.8. The van der Waals surface area contributed by atoms with Crippen LogP contribution in [0.1, 0.15) is 37.7 Å².